The van der Waals surface area contributed by atoms with E-state index in [9.17, 15) is 8.78 Å². The van der Waals surface area contributed by atoms with Gasteiger partial charge >= 0.3 is 0 Å². The highest BCUT2D eigenvalue weighted by atomic mass is 19.3. The van der Waals surface area contributed by atoms with E-state index in [-0.39, 0.29) is 17.9 Å². The first-order valence-electron chi connectivity index (χ1n) is 6.10. The molecule has 1 aromatic rings. The van der Waals surface area contributed by atoms with Gasteiger partial charge in [0, 0.05) is 12.0 Å². The Balaban J connectivity index is 3.08. The van der Waals surface area contributed by atoms with Gasteiger partial charge in [0.2, 0.25) is 0 Å². The lowest BCUT2D eigenvalue weighted by Crippen LogP contribution is -2.19. The Labute approximate surface area is 102 Å². The number of rotatable bonds is 5. The van der Waals surface area contributed by atoms with Crippen molar-refractivity contribution >= 4 is 0 Å². The Kier molecular flexibility index (Phi) is 4.63. The SMILES string of the molecule is CCC(F)(F)c1cccc(C(CN)C(C)C)c1. The standard InChI is InChI=1S/C14H21F2N/c1-4-14(15,16)12-7-5-6-11(8-12)13(9-17)10(2)3/h5-8,10,13H,4,9,17H2,1-3H3. The van der Waals surface area contributed by atoms with Gasteiger partial charge in [-0.15, -0.1) is 0 Å². The van der Waals surface area contributed by atoms with E-state index in [0.717, 1.165) is 5.56 Å². The first kappa shape index (κ1) is 14.1. The molecule has 0 heterocycles. The second-order valence-corrected chi connectivity index (χ2v) is 4.77. The van der Waals surface area contributed by atoms with Gasteiger partial charge in [0.05, 0.1) is 0 Å². The van der Waals surface area contributed by atoms with Gasteiger partial charge in [0.15, 0.2) is 0 Å². The summed E-state index contributed by atoms with van der Waals surface area (Å²) in [5, 5.41) is 0. The molecular weight excluding hydrogens is 220 g/mol. The second kappa shape index (κ2) is 5.58. The summed E-state index contributed by atoms with van der Waals surface area (Å²) in [6.45, 7) is 6.10. The maximum absolute atomic E-state index is 13.6. The molecule has 0 radical (unpaired) electrons. The molecule has 1 rings (SSSR count). The van der Waals surface area contributed by atoms with Crippen LogP contribution >= 0.6 is 0 Å². The summed E-state index contributed by atoms with van der Waals surface area (Å²) in [5.41, 5.74) is 6.71. The molecule has 0 saturated carbocycles. The molecule has 2 N–H and O–H groups in total. The first-order chi connectivity index (χ1) is 7.92. The Bertz CT molecular complexity index is 361. The average molecular weight is 241 g/mol. The van der Waals surface area contributed by atoms with Crippen molar-refractivity contribution in [1.29, 1.82) is 0 Å². The van der Waals surface area contributed by atoms with Gasteiger partial charge in [-0.05, 0) is 30.0 Å². The molecule has 0 spiro atoms. The number of halogens is 2. The van der Waals surface area contributed by atoms with Crippen LogP contribution in [0.1, 0.15) is 44.2 Å². The summed E-state index contributed by atoms with van der Waals surface area (Å²) in [6, 6.07) is 6.66. The fourth-order valence-electron chi connectivity index (χ4n) is 1.99. The van der Waals surface area contributed by atoms with Gasteiger partial charge in [-0.2, -0.15) is 0 Å². The van der Waals surface area contributed by atoms with E-state index in [1.165, 1.54) is 13.0 Å². The molecule has 17 heavy (non-hydrogen) atoms. The molecule has 1 atom stereocenters. The number of hydrogen-bond donors (Lipinski definition) is 1. The normalized spacial score (nSPS) is 14.1. The highest BCUT2D eigenvalue weighted by molar-refractivity contribution is 5.29. The van der Waals surface area contributed by atoms with Crippen LogP contribution in [-0.4, -0.2) is 6.54 Å². The third-order valence-electron chi connectivity index (χ3n) is 3.24. The van der Waals surface area contributed by atoms with Crippen molar-refractivity contribution in [2.45, 2.75) is 39.0 Å². The van der Waals surface area contributed by atoms with E-state index in [2.05, 4.69) is 13.8 Å². The second-order valence-electron chi connectivity index (χ2n) is 4.77. The van der Waals surface area contributed by atoms with E-state index < -0.39 is 5.92 Å². The van der Waals surface area contributed by atoms with Crippen molar-refractivity contribution in [3.63, 3.8) is 0 Å². The summed E-state index contributed by atoms with van der Waals surface area (Å²) in [5.74, 6) is -2.25. The van der Waals surface area contributed by atoms with Crippen LogP contribution in [0.4, 0.5) is 8.78 Å². The zero-order valence-corrected chi connectivity index (χ0v) is 10.7. The molecule has 0 aromatic heterocycles. The summed E-state index contributed by atoms with van der Waals surface area (Å²) < 4.78 is 27.2. The van der Waals surface area contributed by atoms with Crippen LogP contribution in [0.25, 0.3) is 0 Å². The maximum atomic E-state index is 13.6. The molecule has 0 aliphatic rings. The van der Waals surface area contributed by atoms with Crippen LogP contribution in [0.15, 0.2) is 24.3 Å². The van der Waals surface area contributed by atoms with Gasteiger partial charge in [0.1, 0.15) is 0 Å². The van der Waals surface area contributed by atoms with Crippen molar-refractivity contribution in [2.75, 3.05) is 6.54 Å². The van der Waals surface area contributed by atoms with Gasteiger partial charge in [0.25, 0.3) is 5.92 Å². The third-order valence-corrected chi connectivity index (χ3v) is 3.24. The predicted molar refractivity (Wildman–Crippen MR) is 67.3 cm³/mol. The van der Waals surface area contributed by atoms with Crippen LogP contribution < -0.4 is 5.73 Å². The molecule has 96 valence electrons. The molecule has 3 heteroatoms. The van der Waals surface area contributed by atoms with Crippen LogP contribution in [-0.2, 0) is 5.92 Å². The van der Waals surface area contributed by atoms with Crippen LogP contribution in [0.5, 0.6) is 0 Å². The molecule has 1 nitrogen and oxygen atoms in total. The molecule has 1 unspecified atom stereocenters. The van der Waals surface area contributed by atoms with Crippen molar-refractivity contribution in [2.24, 2.45) is 11.7 Å². The summed E-state index contributed by atoms with van der Waals surface area (Å²) in [4.78, 5) is 0. The maximum Gasteiger partial charge on any atom is 0.273 e. The van der Waals surface area contributed by atoms with E-state index in [1.807, 2.05) is 6.07 Å². The Hall–Kier alpha value is -0.960. The van der Waals surface area contributed by atoms with E-state index in [1.54, 1.807) is 12.1 Å². The van der Waals surface area contributed by atoms with E-state index in [0.29, 0.717) is 12.5 Å². The van der Waals surface area contributed by atoms with Crippen molar-refractivity contribution < 1.29 is 8.78 Å². The first-order valence-corrected chi connectivity index (χ1v) is 6.10. The lowest BCUT2D eigenvalue weighted by atomic mass is 9.87. The Morgan fingerprint density at radius 1 is 1.29 bits per heavy atom. The van der Waals surface area contributed by atoms with Gasteiger partial charge in [-0.25, -0.2) is 8.78 Å². The van der Waals surface area contributed by atoms with Crippen molar-refractivity contribution in [3.05, 3.63) is 35.4 Å². The zero-order chi connectivity index (χ0) is 13.1. The minimum absolute atomic E-state index is 0.0941. The molecule has 0 saturated heterocycles. The lowest BCUT2D eigenvalue weighted by molar-refractivity contribution is -0.00839. The minimum Gasteiger partial charge on any atom is -0.330 e. The average Bonchev–Trinajstić information content (AvgIpc) is 2.30. The van der Waals surface area contributed by atoms with Crippen LogP contribution in [0.3, 0.4) is 0 Å². The van der Waals surface area contributed by atoms with Crippen molar-refractivity contribution in [1.82, 2.24) is 0 Å². The quantitative estimate of drug-likeness (QED) is 0.831. The molecule has 0 amide bonds. The number of hydrogen-bond acceptors (Lipinski definition) is 1. The fraction of sp³-hybridized carbons (Fsp3) is 0.571. The molecule has 0 fully saturated rings. The summed E-state index contributed by atoms with van der Waals surface area (Å²) in [7, 11) is 0. The smallest absolute Gasteiger partial charge is 0.273 e. The largest absolute Gasteiger partial charge is 0.330 e. The lowest BCUT2D eigenvalue weighted by Gasteiger charge is -2.22. The third kappa shape index (κ3) is 3.25. The fourth-order valence-corrected chi connectivity index (χ4v) is 1.99. The molecule has 0 aliphatic heterocycles. The number of alkyl halides is 2. The minimum atomic E-state index is -2.74. The topological polar surface area (TPSA) is 26.0 Å². The Morgan fingerprint density at radius 2 is 1.94 bits per heavy atom. The monoisotopic (exact) mass is 241 g/mol. The summed E-state index contributed by atoms with van der Waals surface area (Å²) in [6.07, 6.45) is -0.175. The number of nitrogens with two attached hydrogens (primary N) is 1. The molecular formula is C14H21F2N. The highest BCUT2D eigenvalue weighted by Gasteiger charge is 2.29. The zero-order valence-electron chi connectivity index (χ0n) is 10.7. The van der Waals surface area contributed by atoms with Crippen LogP contribution in [0, 0.1) is 5.92 Å². The molecule has 1 aromatic carbocycles. The highest BCUT2D eigenvalue weighted by Crippen LogP contribution is 2.33. The van der Waals surface area contributed by atoms with Crippen LogP contribution in [0.2, 0.25) is 0 Å². The summed E-state index contributed by atoms with van der Waals surface area (Å²) >= 11 is 0. The van der Waals surface area contributed by atoms with Gasteiger partial charge < -0.3 is 5.73 Å². The molecule has 0 bridgehead atoms. The predicted octanol–water partition coefficient (Wildman–Crippen LogP) is 3.89. The van der Waals surface area contributed by atoms with E-state index in [4.69, 9.17) is 5.73 Å². The number of benzene rings is 1. The molecule has 0 aliphatic carbocycles. The van der Waals surface area contributed by atoms with E-state index >= 15 is 0 Å². The van der Waals surface area contributed by atoms with Crippen molar-refractivity contribution in [3.8, 4) is 0 Å². The Morgan fingerprint density at radius 3 is 2.41 bits per heavy atom. The van der Waals surface area contributed by atoms with Gasteiger partial charge in [-0.1, -0.05) is 39.0 Å². The van der Waals surface area contributed by atoms with Gasteiger partial charge in [-0.3, -0.25) is 0 Å².